The molecule has 0 aliphatic heterocycles. The van der Waals surface area contributed by atoms with Crippen molar-refractivity contribution in [2.45, 2.75) is 58.8 Å². The highest BCUT2D eigenvalue weighted by Crippen LogP contribution is 2.06. The molecule has 0 unspecified atom stereocenters. The van der Waals surface area contributed by atoms with Crippen LogP contribution in [0, 0.1) is 11.4 Å². The minimum atomic E-state index is -1.25. The standard InChI is InChI=1S/C14H23N3O5/c1-8(2)12(19)13(20)17-11(14(21)22-9(3)4)6-5-10(18)7-16-15/h7-9,11-12,15,19H,5-6H2,1-4H3/p+1/t11-,12-/m0/s1. The van der Waals surface area contributed by atoms with Crippen LogP contribution >= 0.6 is 0 Å². The zero-order valence-electron chi connectivity index (χ0n) is 13.3. The number of Topliss-reactive ketones (excluding diaryl/α,β-unsaturated/α-hetero) is 1. The van der Waals surface area contributed by atoms with E-state index < -0.39 is 29.8 Å². The lowest BCUT2D eigenvalue weighted by atomic mass is 10.0. The molecule has 0 heterocycles. The van der Waals surface area contributed by atoms with E-state index in [2.05, 4.69) is 10.1 Å². The Hall–Kier alpha value is -2.05. The molecule has 22 heavy (non-hydrogen) atoms. The minimum absolute atomic E-state index is 0.00691. The molecule has 8 heteroatoms. The largest absolute Gasteiger partial charge is 0.461 e. The van der Waals surface area contributed by atoms with Crippen molar-refractivity contribution in [1.82, 2.24) is 5.32 Å². The quantitative estimate of drug-likeness (QED) is 0.240. The number of aliphatic hydroxyl groups excluding tert-OH is 1. The number of ketones is 1. The summed E-state index contributed by atoms with van der Waals surface area (Å²) in [5.41, 5.74) is 6.57. The number of nitrogens with one attached hydrogen (secondary N) is 2. The van der Waals surface area contributed by atoms with Crippen LogP contribution in [-0.4, -0.2) is 52.0 Å². The molecule has 124 valence electrons. The molecule has 1 amide bonds. The van der Waals surface area contributed by atoms with Crippen LogP contribution < -0.4 is 5.32 Å². The van der Waals surface area contributed by atoms with Crippen molar-refractivity contribution >= 4 is 23.9 Å². The number of carbonyl (C=O) groups is 3. The van der Waals surface area contributed by atoms with Crippen molar-refractivity contribution < 1.29 is 29.0 Å². The van der Waals surface area contributed by atoms with E-state index in [-0.39, 0.29) is 24.9 Å². The summed E-state index contributed by atoms with van der Waals surface area (Å²) in [5, 5.41) is 12.1. The number of ether oxygens (including phenoxy) is 1. The van der Waals surface area contributed by atoms with Crippen LogP contribution in [0.15, 0.2) is 0 Å². The number of aliphatic hydroxyl groups is 1. The molecule has 8 nitrogen and oxygen atoms in total. The number of rotatable bonds is 9. The second kappa shape index (κ2) is 9.81. The molecule has 0 spiro atoms. The van der Waals surface area contributed by atoms with Crippen LogP contribution in [0.4, 0.5) is 0 Å². The third-order valence-corrected chi connectivity index (χ3v) is 2.74. The maximum atomic E-state index is 12.0. The Bertz CT molecular complexity index is 455. The summed E-state index contributed by atoms with van der Waals surface area (Å²) in [6.45, 7) is 6.66. The monoisotopic (exact) mass is 314 g/mol. The van der Waals surface area contributed by atoms with E-state index in [1.807, 2.05) is 0 Å². The van der Waals surface area contributed by atoms with Gasteiger partial charge in [-0.15, -0.1) is 0 Å². The van der Waals surface area contributed by atoms with Gasteiger partial charge < -0.3 is 15.2 Å². The molecular formula is C14H24N3O5+. The molecule has 2 atom stereocenters. The van der Waals surface area contributed by atoms with Crippen LogP contribution in [0.2, 0.25) is 0 Å². The lowest BCUT2D eigenvalue weighted by Gasteiger charge is -2.21. The van der Waals surface area contributed by atoms with Crippen molar-refractivity contribution in [2.24, 2.45) is 5.92 Å². The first-order valence-electron chi connectivity index (χ1n) is 7.10. The Morgan fingerprint density at radius 3 is 2.32 bits per heavy atom. The zero-order chi connectivity index (χ0) is 17.3. The van der Waals surface area contributed by atoms with Gasteiger partial charge in [-0.25, -0.2) is 4.79 Å². The zero-order valence-corrected chi connectivity index (χ0v) is 13.3. The van der Waals surface area contributed by atoms with Crippen LogP contribution in [0.1, 0.15) is 40.5 Å². The maximum Gasteiger partial charge on any atom is 0.372 e. The van der Waals surface area contributed by atoms with Crippen LogP contribution in [-0.2, 0) is 19.1 Å². The Morgan fingerprint density at radius 2 is 1.86 bits per heavy atom. The summed E-state index contributed by atoms with van der Waals surface area (Å²) in [7, 11) is 0. The van der Waals surface area contributed by atoms with Crippen LogP contribution in [0.25, 0.3) is 0 Å². The molecule has 0 aromatic rings. The molecule has 0 aliphatic carbocycles. The molecule has 0 rings (SSSR count). The highest BCUT2D eigenvalue weighted by molar-refractivity contribution is 6.25. The molecule has 0 radical (unpaired) electrons. The molecule has 3 N–H and O–H groups in total. The van der Waals surface area contributed by atoms with Crippen molar-refractivity contribution in [3.63, 3.8) is 0 Å². The fraction of sp³-hybridized carbons (Fsp3) is 0.714. The average Bonchev–Trinajstić information content (AvgIpc) is 2.41. The molecule has 0 aliphatic rings. The number of hydrogen-bond acceptors (Lipinski definition) is 6. The second-order valence-electron chi connectivity index (χ2n) is 5.50. The van der Waals surface area contributed by atoms with Gasteiger partial charge in [0.05, 0.1) is 16.4 Å². The SMILES string of the molecule is CC(C)OC(=O)[C@H](CCC(=O)C=[N+]=N)NC(=O)[C@@H](O)C(C)C. The Kier molecular flexibility index (Phi) is 8.89. The summed E-state index contributed by atoms with van der Waals surface area (Å²) in [6.07, 6.45) is -0.853. The van der Waals surface area contributed by atoms with Crippen LogP contribution in [0.5, 0.6) is 0 Å². The van der Waals surface area contributed by atoms with Gasteiger partial charge in [0.2, 0.25) is 11.7 Å². The third kappa shape index (κ3) is 7.66. The van der Waals surface area contributed by atoms with Crippen molar-refractivity contribution in [2.75, 3.05) is 0 Å². The van der Waals surface area contributed by atoms with Crippen molar-refractivity contribution in [1.29, 1.82) is 5.53 Å². The van der Waals surface area contributed by atoms with E-state index >= 15 is 0 Å². The Morgan fingerprint density at radius 1 is 1.27 bits per heavy atom. The predicted molar refractivity (Wildman–Crippen MR) is 77.3 cm³/mol. The fourth-order valence-electron chi connectivity index (χ4n) is 1.55. The highest BCUT2D eigenvalue weighted by atomic mass is 16.5. The summed E-state index contributed by atoms with van der Waals surface area (Å²) < 4.78 is 5.03. The van der Waals surface area contributed by atoms with Crippen LogP contribution in [0.3, 0.4) is 0 Å². The Labute approximate surface area is 129 Å². The van der Waals surface area contributed by atoms with Crippen molar-refractivity contribution in [3.05, 3.63) is 0 Å². The number of hydrogen-bond donors (Lipinski definition) is 3. The molecule has 0 aromatic carbocycles. The van der Waals surface area contributed by atoms with Gasteiger partial charge in [-0.3, -0.25) is 9.59 Å². The van der Waals surface area contributed by atoms with Gasteiger partial charge in [0.15, 0.2) is 0 Å². The van der Waals surface area contributed by atoms with E-state index in [4.69, 9.17) is 10.3 Å². The van der Waals surface area contributed by atoms with Crippen molar-refractivity contribution in [3.8, 4) is 0 Å². The number of amides is 1. The lowest BCUT2D eigenvalue weighted by Crippen LogP contribution is -2.48. The number of esters is 1. The summed E-state index contributed by atoms with van der Waals surface area (Å²) >= 11 is 0. The van der Waals surface area contributed by atoms with Gasteiger partial charge in [-0.05, 0) is 26.2 Å². The second-order valence-corrected chi connectivity index (χ2v) is 5.50. The van der Waals surface area contributed by atoms with E-state index in [9.17, 15) is 19.5 Å². The van der Waals surface area contributed by atoms with E-state index in [1.165, 1.54) is 0 Å². The summed E-state index contributed by atoms with van der Waals surface area (Å²) in [5.74, 6) is -2.10. The minimum Gasteiger partial charge on any atom is -0.461 e. The van der Waals surface area contributed by atoms with Gasteiger partial charge in [0, 0.05) is 6.42 Å². The first-order valence-corrected chi connectivity index (χ1v) is 7.10. The predicted octanol–water partition coefficient (Wildman–Crippen LogP) is 0.0990. The summed E-state index contributed by atoms with van der Waals surface area (Å²) in [6, 6.07) is -1.04. The Balaban J connectivity index is 4.85. The smallest absolute Gasteiger partial charge is 0.372 e. The maximum absolute atomic E-state index is 12.0. The van der Waals surface area contributed by atoms with Gasteiger partial charge in [0.1, 0.15) is 12.1 Å². The number of nitrogens with zero attached hydrogens (tertiary/aromatic N) is 1. The van der Waals surface area contributed by atoms with E-state index in [1.54, 1.807) is 27.7 Å². The first kappa shape index (κ1) is 19.9. The molecule has 0 fully saturated rings. The third-order valence-electron chi connectivity index (χ3n) is 2.74. The lowest BCUT2D eigenvalue weighted by molar-refractivity contribution is -0.153. The topological polar surface area (TPSA) is 131 Å². The summed E-state index contributed by atoms with van der Waals surface area (Å²) in [4.78, 5) is 38.0. The first-order chi connectivity index (χ1) is 10.2. The van der Waals surface area contributed by atoms with Gasteiger partial charge in [-0.2, -0.15) is 0 Å². The average molecular weight is 314 g/mol. The highest BCUT2D eigenvalue weighted by Gasteiger charge is 2.28. The fourth-order valence-corrected chi connectivity index (χ4v) is 1.55. The van der Waals surface area contributed by atoms with E-state index in [0.717, 1.165) is 6.21 Å². The molecule has 0 saturated carbocycles. The number of carbonyl (C=O) groups excluding carboxylic acids is 3. The molecule has 0 bridgehead atoms. The van der Waals surface area contributed by atoms with Gasteiger partial charge in [0.25, 0.3) is 0 Å². The molecule has 0 saturated heterocycles. The molecule has 0 aromatic heterocycles. The van der Waals surface area contributed by atoms with E-state index in [0.29, 0.717) is 0 Å². The molecular weight excluding hydrogens is 290 g/mol. The van der Waals surface area contributed by atoms with Gasteiger partial charge >= 0.3 is 12.2 Å². The van der Waals surface area contributed by atoms with Gasteiger partial charge in [-0.1, -0.05) is 13.8 Å². The normalized spacial score (nSPS) is 13.2.